The largest absolute Gasteiger partial charge is 0.395 e. The predicted molar refractivity (Wildman–Crippen MR) is 83.2 cm³/mol. The number of fused-ring (bicyclic) bond motifs is 1. The van der Waals surface area contributed by atoms with Gasteiger partial charge in [0.05, 0.1) is 24.0 Å². The number of carbonyl (C=O) groups is 1. The Morgan fingerprint density at radius 1 is 1.33 bits per heavy atom. The number of hydrogen-bond acceptors (Lipinski definition) is 3. The van der Waals surface area contributed by atoms with Crippen molar-refractivity contribution < 1.29 is 9.90 Å². The Morgan fingerprint density at radius 2 is 2.14 bits per heavy atom. The summed E-state index contributed by atoms with van der Waals surface area (Å²) < 4.78 is 1.93. The van der Waals surface area contributed by atoms with E-state index < -0.39 is 0 Å². The van der Waals surface area contributed by atoms with Crippen molar-refractivity contribution in [2.24, 2.45) is 7.05 Å². The first kappa shape index (κ1) is 15.5. The molecule has 1 amide bonds. The molecule has 1 aromatic carbocycles. The van der Waals surface area contributed by atoms with E-state index in [9.17, 15) is 4.79 Å². The fourth-order valence-electron chi connectivity index (χ4n) is 2.44. The van der Waals surface area contributed by atoms with Gasteiger partial charge in [-0.15, -0.1) is 0 Å². The second-order valence-corrected chi connectivity index (χ2v) is 5.28. The molecule has 0 fully saturated rings. The molecule has 0 spiro atoms. The van der Waals surface area contributed by atoms with Crippen molar-refractivity contribution in [1.82, 2.24) is 14.5 Å². The van der Waals surface area contributed by atoms with Crippen molar-refractivity contribution in [2.45, 2.75) is 26.2 Å². The molecule has 1 aromatic heterocycles. The van der Waals surface area contributed by atoms with Crippen LogP contribution >= 0.6 is 0 Å². The summed E-state index contributed by atoms with van der Waals surface area (Å²) in [6, 6.07) is 5.57. The Hall–Kier alpha value is -1.88. The number of aryl methyl sites for hydroxylation is 1. The predicted octanol–water partition coefficient (Wildman–Crippen LogP) is 2.20. The van der Waals surface area contributed by atoms with Crippen LogP contribution in [0.25, 0.3) is 11.0 Å². The second-order valence-electron chi connectivity index (χ2n) is 5.28. The number of benzene rings is 1. The molecule has 0 atom stereocenters. The molecule has 0 unspecified atom stereocenters. The molecule has 1 heterocycles. The van der Waals surface area contributed by atoms with Gasteiger partial charge in [0.25, 0.3) is 5.91 Å². The molecule has 0 aliphatic carbocycles. The minimum atomic E-state index is -0.0345. The summed E-state index contributed by atoms with van der Waals surface area (Å²) in [4.78, 5) is 18.6. The van der Waals surface area contributed by atoms with E-state index in [-0.39, 0.29) is 12.5 Å². The molecule has 0 radical (unpaired) electrons. The number of hydrogen-bond donors (Lipinski definition) is 1. The maximum atomic E-state index is 12.6. The SMILES string of the molecule is CCCCCN(CCO)C(=O)c1ccc2c(c1)ncn2C. The van der Waals surface area contributed by atoms with Gasteiger partial charge >= 0.3 is 0 Å². The van der Waals surface area contributed by atoms with Crippen molar-refractivity contribution >= 4 is 16.9 Å². The number of imidazole rings is 1. The summed E-state index contributed by atoms with van der Waals surface area (Å²) in [5.41, 5.74) is 2.46. The Morgan fingerprint density at radius 3 is 2.86 bits per heavy atom. The lowest BCUT2D eigenvalue weighted by Gasteiger charge is -2.21. The molecule has 1 N–H and O–H groups in total. The summed E-state index contributed by atoms with van der Waals surface area (Å²) in [5, 5.41) is 9.15. The number of aliphatic hydroxyl groups excluding tert-OH is 1. The number of unbranched alkanes of at least 4 members (excludes halogenated alkanes) is 2. The minimum Gasteiger partial charge on any atom is -0.395 e. The monoisotopic (exact) mass is 289 g/mol. The molecule has 2 aromatic rings. The minimum absolute atomic E-state index is 0.0102. The van der Waals surface area contributed by atoms with E-state index in [1.54, 1.807) is 11.2 Å². The van der Waals surface area contributed by atoms with Crippen molar-refractivity contribution in [3.63, 3.8) is 0 Å². The van der Waals surface area contributed by atoms with Crippen LogP contribution in [0.2, 0.25) is 0 Å². The first-order chi connectivity index (χ1) is 10.2. The van der Waals surface area contributed by atoms with E-state index in [1.807, 2.05) is 29.8 Å². The Labute approximate surface area is 125 Å². The third kappa shape index (κ3) is 3.61. The lowest BCUT2D eigenvalue weighted by atomic mass is 10.1. The average Bonchev–Trinajstić information content (AvgIpc) is 2.87. The second kappa shape index (κ2) is 7.22. The van der Waals surface area contributed by atoms with Crippen molar-refractivity contribution in [1.29, 1.82) is 0 Å². The third-order valence-corrected chi connectivity index (χ3v) is 3.66. The highest BCUT2D eigenvalue weighted by molar-refractivity contribution is 5.97. The molecule has 0 saturated heterocycles. The van der Waals surface area contributed by atoms with Crippen LogP contribution in [-0.4, -0.2) is 45.2 Å². The normalized spacial score (nSPS) is 11.0. The zero-order chi connectivity index (χ0) is 15.2. The standard InChI is InChI=1S/C16H23N3O2/c1-3-4-5-8-19(9-10-20)16(21)13-6-7-15-14(11-13)17-12-18(15)2/h6-7,11-12,20H,3-5,8-10H2,1-2H3. The molecule has 0 aliphatic rings. The zero-order valence-electron chi connectivity index (χ0n) is 12.7. The van der Waals surface area contributed by atoms with Crippen LogP contribution in [-0.2, 0) is 7.05 Å². The lowest BCUT2D eigenvalue weighted by molar-refractivity contribution is 0.0719. The van der Waals surface area contributed by atoms with Gasteiger partial charge < -0.3 is 14.6 Å². The zero-order valence-corrected chi connectivity index (χ0v) is 12.7. The molecule has 114 valence electrons. The van der Waals surface area contributed by atoms with E-state index in [4.69, 9.17) is 5.11 Å². The molecule has 21 heavy (non-hydrogen) atoms. The molecule has 0 saturated carbocycles. The number of rotatable bonds is 7. The average molecular weight is 289 g/mol. The van der Waals surface area contributed by atoms with Crippen molar-refractivity contribution in [3.8, 4) is 0 Å². The van der Waals surface area contributed by atoms with Crippen molar-refractivity contribution in [3.05, 3.63) is 30.1 Å². The Bertz CT molecular complexity index is 607. The van der Waals surface area contributed by atoms with Gasteiger partial charge in [0.2, 0.25) is 0 Å². The summed E-state index contributed by atoms with van der Waals surface area (Å²) in [7, 11) is 1.93. The van der Waals surface area contributed by atoms with Crippen LogP contribution < -0.4 is 0 Å². The third-order valence-electron chi connectivity index (χ3n) is 3.66. The van der Waals surface area contributed by atoms with Gasteiger partial charge in [0.15, 0.2) is 0 Å². The fourth-order valence-corrected chi connectivity index (χ4v) is 2.44. The fraction of sp³-hybridized carbons (Fsp3) is 0.500. The summed E-state index contributed by atoms with van der Waals surface area (Å²) in [5.74, 6) is -0.0345. The Balaban J connectivity index is 2.16. The number of aromatic nitrogens is 2. The molecule has 5 heteroatoms. The van der Waals surface area contributed by atoms with Gasteiger partial charge in [-0.3, -0.25) is 4.79 Å². The van der Waals surface area contributed by atoms with Gasteiger partial charge in [-0.05, 0) is 24.6 Å². The van der Waals surface area contributed by atoms with Crippen LogP contribution in [0.4, 0.5) is 0 Å². The van der Waals surface area contributed by atoms with Crippen LogP contribution in [0.1, 0.15) is 36.5 Å². The highest BCUT2D eigenvalue weighted by Gasteiger charge is 2.16. The summed E-state index contributed by atoms with van der Waals surface area (Å²) in [6.45, 7) is 3.19. The number of carbonyl (C=O) groups excluding carboxylic acids is 1. The van der Waals surface area contributed by atoms with Gasteiger partial charge in [-0.25, -0.2) is 4.98 Å². The van der Waals surface area contributed by atoms with Gasteiger partial charge in [-0.1, -0.05) is 19.8 Å². The first-order valence-electron chi connectivity index (χ1n) is 7.48. The van der Waals surface area contributed by atoms with E-state index in [2.05, 4.69) is 11.9 Å². The lowest BCUT2D eigenvalue weighted by Crippen LogP contribution is -2.34. The topological polar surface area (TPSA) is 58.4 Å². The van der Waals surface area contributed by atoms with E-state index in [0.29, 0.717) is 18.7 Å². The van der Waals surface area contributed by atoms with E-state index in [1.165, 1.54) is 0 Å². The highest BCUT2D eigenvalue weighted by Crippen LogP contribution is 2.15. The van der Waals surface area contributed by atoms with Crippen LogP contribution in [0.5, 0.6) is 0 Å². The molecule has 0 aliphatic heterocycles. The molecular formula is C16H23N3O2. The molecule has 0 bridgehead atoms. The molecule has 2 rings (SSSR count). The number of aliphatic hydroxyl groups is 1. The molecule has 5 nitrogen and oxygen atoms in total. The maximum Gasteiger partial charge on any atom is 0.254 e. The van der Waals surface area contributed by atoms with Crippen LogP contribution in [0.15, 0.2) is 24.5 Å². The highest BCUT2D eigenvalue weighted by atomic mass is 16.3. The number of nitrogens with zero attached hydrogens (tertiary/aromatic N) is 3. The van der Waals surface area contributed by atoms with Crippen LogP contribution in [0.3, 0.4) is 0 Å². The van der Waals surface area contributed by atoms with Gasteiger partial charge in [0.1, 0.15) is 0 Å². The van der Waals surface area contributed by atoms with E-state index in [0.717, 1.165) is 30.3 Å². The first-order valence-corrected chi connectivity index (χ1v) is 7.48. The van der Waals surface area contributed by atoms with Gasteiger partial charge in [0, 0.05) is 25.7 Å². The quantitative estimate of drug-likeness (QED) is 0.795. The van der Waals surface area contributed by atoms with Gasteiger partial charge in [-0.2, -0.15) is 0 Å². The molecular weight excluding hydrogens is 266 g/mol. The summed E-state index contributed by atoms with van der Waals surface area (Å²) >= 11 is 0. The number of amides is 1. The van der Waals surface area contributed by atoms with Crippen molar-refractivity contribution in [2.75, 3.05) is 19.7 Å². The van der Waals surface area contributed by atoms with Crippen LogP contribution in [0, 0.1) is 0 Å². The summed E-state index contributed by atoms with van der Waals surface area (Å²) in [6.07, 6.45) is 4.91. The Kier molecular flexibility index (Phi) is 5.33. The smallest absolute Gasteiger partial charge is 0.254 e. The van der Waals surface area contributed by atoms with E-state index >= 15 is 0 Å². The maximum absolute atomic E-state index is 12.6.